The summed E-state index contributed by atoms with van der Waals surface area (Å²) in [6.45, 7) is 3.69. The van der Waals surface area contributed by atoms with Crippen molar-refractivity contribution in [3.05, 3.63) is 18.3 Å². The summed E-state index contributed by atoms with van der Waals surface area (Å²) in [5.74, 6) is -0.574. The van der Waals surface area contributed by atoms with Crippen molar-refractivity contribution in [3.8, 4) is 0 Å². The molecule has 28 heavy (non-hydrogen) atoms. The van der Waals surface area contributed by atoms with Crippen LogP contribution in [-0.4, -0.2) is 48.0 Å². The van der Waals surface area contributed by atoms with E-state index in [1.807, 2.05) is 13.8 Å². The Kier molecular flexibility index (Phi) is 7.85. The first kappa shape index (κ1) is 22.6. The fraction of sp³-hybridized carbons (Fsp3) is 0.611. The van der Waals surface area contributed by atoms with Gasteiger partial charge in [0.25, 0.3) is 0 Å². The highest BCUT2D eigenvalue weighted by atomic mass is 32.2. The van der Waals surface area contributed by atoms with E-state index in [9.17, 15) is 18.0 Å². The van der Waals surface area contributed by atoms with Crippen LogP contribution in [0.3, 0.4) is 0 Å². The van der Waals surface area contributed by atoms with Gasteiger partial charge in [-0.25, -0.2) is 18.2 Å². The van der Waals surface area contributed by atoms with Gasteiger partial charge in [0.15, 0.2) is 0 Å². The lowest BCUT2D eigenvalue weighted by atomic mass is 9.96. The zero-order valence-electron chi connectivity index (χ0n) is 16.4. The quantitative estimate of drug-likeness (QED) is 0.643. The molecule has 0 radical (unpaired) electrons. The minimum atomic E-state index is -3.61. The van der Waals surface area contributed by atoms with Crippen LogP contribution in [0.1, 0.15) is 46.0 Å². The number of carbonyl (C=O) groups excluding carboxylic acids is 2. The molecule has 1 heterocycles. The number of urea groups is 1. The number of pyridine rings is 1. The summed E-state index contributed by atoms with van der Waals surface area (Å²) in [6.07, 6.45) is 6.31. The van der Waals surface area contributed by atoms with Gasteiger partial charge in [-0.15, -0.1) is 0 Å². The Morgan fingerprint density at radius 1 is 1.25 bits per heavy atom. The predicted molar refractivity (Wildman–Crippen MR) is 108 cm³/mol. The summed E-state index contributed by atoms with van der Waals surface area (Å²) < 4.78 is 27.2. The summed E-state index contributed by atoms with van der Waals surface area (Å²) >= 11 is 1.16. The summed E-state index contributed by atoms with van der Waals surface area (Å²) in [4.78, 5) is 27.4. The number of nitrogens with two attached hydrogens (primary N) is 1. The molecular formula is C18H28N4O4S2. The second-order valence-corrected chi connectivity index (χ2v) is 10.4. The number of primary amides is 1. The molecule has 1 saturated carbocycles. The van der Waals surface area contributed by atoms with Gasteiger partial charge < -0.3 is 5.73 Å². The fourth-order valence-electron chi connectivity index (χ4n) is 3.21. The molecule has 3 N–H and O–H groups in total. The number of rotatable bonds is 7. The maximum atomic E-state index is 12.9. The van der Waals surface area contributed by atoms with Crippen LogP contribution in [0.25, 0.3) is 0 Å². The van der Waals surface area contributed by atoms with E-state index < -0.39 is 27.2 Å². The molecule has 10 heteroatoms. The molecule has 1 aliphatic rings. The second-order valence-electron chi connectivity index (χ2n) is 7.28. The number of carbonyl (C=O) groups is 2. The highest BCUT2D eigenvalue weighted by Crippen LogP contribution is 2.29. The minimum Gasteiger partial charge on any atom is -0.351 e. The maximum absolute atomic E-state index is 12.9. The van der Waals surface area contributed by atoms with Crippen LogP contribution in [0.2, 0.25) is 0 Å². The predicted octanol–water partition coefficient (Wildman–Crippen LogP) is 2.35. The Morgan fingerprint density at radius 3 is 2.39 bits per heavy atom. The van der Waals surface area contributed by atoms with E-state index >= 15 is 0 Å². The maximum Gasteiger partial charge on any atom is 0.318 e. The zero-order valence-corrected chi connectivity index (χ0v) is 18.1. The van der Waals surface area contributed by atoms with Crippen LogP contribution in [-0.2, 0) is 14.8 Å². The van der Waals surface area contributed by atoms with E-state index in [1.165, 1.54) is 16.6 Å². The van der Waals surface area contributed by atoms with Crippen molar-refractivity contribution in [1.82, 2.24) is 14.6 Å². The van der Waals surface area contributed by atoms with Crippen molar-refractivity contribution in [1.29, 1.82) is 0 Å². The molecular weight excluding hydrogens is 400 g/mol. The fourth-order valence-corrected chi connectivity index (χ4v) is 5.53. The Hall–Kier alpha value is -1.65. The van der Waals surface area contributed by atoms with Gasteiger partial charge in [-0.1, -0.05) is 44.9 Å². The molecule has 0 aliphatic heterocycles. The molecule has 0 aromatic carbocycles. The summed E-state index contributed by atoms with van der Waals surface area (Å²) in [7, 11) is -1.99. The number of amides is 3. The van der Waals surface area contributed by atoms with Crippen LogP contribution in [0.5, 0.6) is 0 Å². The molecule has 1 atom stereocenters. The van der Waals surface area contributed by atoms with Gasteiger partial charge in [0.2, 0.25) is 15.9 Å². The molecule has 8 nitrogen and oxygen atoms in total. The van der Waals surface area contributed by atoms with Crippen molar-refractivity contribution in [2.24, 2.45) is 11.7 Å². The number of aromatic nitrogens is 1. The average Bonchev–Trinajstić information content (AvgIpc) is 2.65. The number of thioether (sulfide) groups is 1. The highest BCUT2D eigenvalue weighted by molar-refractivity contribution is 8.00. The van der Waals surface area contributed by atoms with Crippen LogP contribution < -0.4 is 11.1 Å². The molecule has 1 aliphatic carbocycles. The lowest BCUT2D eigenvalue weighted by Crippen LogP contribution is -2.42. The number of imide groups is 1. The van der Waals surface area contributed by atoms with Gasteiger partial charge >= 0.3 is 6.03 Å². The zero-order chi connectivity index (χ0) is 20.9. The first-order chi connectivity index (χ1) is 13.1. The second kappa shape index (κ2) is 9.71. The van der Waals surface area contributed by atoms with E-state index in [-0.39, 0.29) is 16.9 Å². The van der Waals surface area contributed by atoms with Crippen LogP contribution in [0, 0.1) is 5.92 Å². The summed E-state index contributed by atoms with van der Waals surface area (Å²) in [5.41, 5.74) is 5.02. The summed E-state index contributed by atoms with van der Waals surface area (Å²) in [6, 6.07) is 2.21. The number of nitrogens with one attached hydrogen (secondary N) is 1. The van der Waals surface area contributed by atoms with Gasteiger partial charge in [0.05, 0.1) is 10.3 Å². The molecule has 1 aromatic heterocycles. The molecule has 1 aromatic rings. The van der Waals surface area contributed by atoms with Gasteiger partial charge in [0.1, 0.15) is 4.90 Å². The van der Waals surface area contributed by atoms with Crippen molar-refractivity contribution in [3.63, 3.8) is 0 Å². The molecule has 1 unspecified atom stereocenters. The van der Waals surface area contributed by atoms with E-state index in [2.05, 4.69) is 10.3 Å². The number of nitrogens with zero attached hydrogens (tertiary/aromatic N) is 2. The molecule has 1 fully saturated rings. The van der Waals surface area contributed by atoms with Crippen molar-refractivity contribution in [2.45, 2.75) is 67.2 Å². The van der Waals surface area contributed by atoms with Crippen LogP contribution in [0.4, 0.5) is 4.79 Å². The number of hydrogen-bond acceptors (Lipinski definition) is 6. The van der Waals surface area contributed by atoms with Crippen LogP contribution in [0.15, 0.2) is 28.3 Å². The Balaban J connectivity index is 2.12. The number of sulfonamides is 1. The first-order valence-electron chi connectivity index (χ1n) is 9.34. The lowest BCUT2D eigenvalue weighted by molar-refractivity contribution is -0.120. The van der Waals surface area contributed by atoms with E-state index in [0.717, 1.165) is 43.9 Å². The normalized spacial score (nSPS) is 16.9. The third kappa shape index (κ3) is 5.68. The Morgan fingerprint density at radius 2 is 1.89 bits per heavy atom. The average molecular weight is 429 g/mol. The minimum absolute atomic E-state index is 0.0237. The van der Waals surface area contributed by atoms with Crippen molar-refractivity contribution < 1.29 is 18.0 Å². The standard InChI is InChI=1S/C18H28N4O4S2/c1-12(2)16(17(23)21-18(19)24)27-15-10-9-14(11-20-15)28(25,26)22(3)13-7-5-4-6-8-13/h9-13,16H,4-8H2,1-3H3,(H3,19,21,23,24). The molecule has 0 spiro atoms. The monoisotopic (exact) mass is 428 g/mol. The van der Waals surface area contributed by atoms with E-state index in [0.29, 0.717) is 5.03 Å². The Labute approximate surface area is 170 Å². The highest BCUT2D eigenvalue weighted by Gasteiger charge is 2.30. The third-order valence-electron chi connectivity index (χ3n) is 4.83. The number of hydrogen-bond donors (Lipinski definition) is 2. The summed E-state index contributed by atoms with van der Waals surface area (Å²) in [5, 5.41) is 2.00. The first-order valence-corrected chi connectivity index (χ1v) is 11.7. The van der Waals surface area contributed by atoms with Crippen molar-refractivity contribution >= 4 is 33.7 Å². The molecule has 0 saturated heterocycles. The lowest BCUT2D eigenvalue weighted by Gasteiger charge is -2.30. The smallest absolute Gasteiger partial charge is 0.318 e. The third-order valence-corrected chi connectivity index (χ3v) is 8.22. The molecule has 156 valence electrons. The van der Waals surface area contributed by atoms with Gasteiger partial charge in [-0.2, -0.15) is 4.31 Å². The van der Waals surface area contributed by atoms with Gasteiger partial charge in [0, 0.05) is 19.3 Å². The molecule has 2 rings (SSSR count). The largest absolute Gasteiger partial charge is 0.351 e. The van der Waals surface area contributed by atoms with Gasteiger partial charge in [-0.05, 0) is 30.9 Å². The van der Waals surface area contributed by atoms with E-state index in [4.69, 9.17) is 5.73 Å². The van der Waals surface area contributed by atoms with Crippen molar-refractivity contribution in [2.75, 3.05) is 7.05 Å². The Bertz CT molecular complexity index is 790. The van der Waals surface area contributed by atoms with Crippen LogP contribution >= 0.6 is 11.8 Å². The SMILES string of the molecule is CC(C)C(Sc1ccc(S(=O)(=O)N(C)C2CCCCC2)cn1)C(=O)NC(N)=O. The molecule has 0 bridgehead atoms. The molecule has 3 amide bonds. The van der Waals surface area contributed by atoms with E-state index in [1.54, 1.807) is 13.1 Å². The van der Waals surface area contributed by atoms with Gasteiger partial charge in [-0.3, -0.25) is 10.1 Å². The topological polar surface area (TPSA) is 122 Å².